The minimum Gasteiger partial charge on any atom is -0.478 e. The fourth-order valence-electron chi connectivity index (χ4n) is 2.26. The predicted octanol–water partition coefficient (Wildman–Crippen LogP) is 1.47. The third kappa shape index (κ3) is 3.11. The largest absolute Gasteiger partial charge is 0.478 e. The highest BCUT2D eigenvalue weighted by molar-refractivity contribution is 6.00. The summed E-state index contributed by atoms with van der Waals surface area (Å²) in [5, 5.41) is 0. The molecule has 5 nitrogen and oxygen atoms in total. The molecule has 1 unspecified atom stereocenters. The molecule has 0 radical (unpaired) electrons. The van der Waals surface area contributed by atoms with Crippen LogP contribution in [0.4, 0.5) is 5.69 Å². The average Bonchev–Trinajstić information content (AvgIpc) is 2.45. The van der Waals surface area contributed by atoms with E-state index in [0.717, 1.165) is 17.0 Å². The van der Waals surface area contributed by atoms with Crippen LogP contribution in [0.1, 0.15) is 18.9 Å². The number of anilines is 1. The number of fused-ring (bicyclic) bond motifs is 1. The molecule has 0 aliphatic carbocycles. The highest BCUT2D eigenvalue weighted by Gasteiger charge is 2.32. The van der Waals surface area contributed by atoms with Gasteiger partial charge in [-0.05, 0) is 31.0 Å². The van der Waals surface area contributed by atoms with Gasteiger partial charge in [0, 0.05) is 13.1 Å². The lowest BCUT2D eigenvalue weighted by Crippen LogP contribution is -2.47. The van der Waals surface area contributed by atoms with Gasteiger partial charge in [0.2, 0.25) is 0 Å². The van der Waals surface area contributed by atoms with E-state index in [4.69, 9.17) is 15.2 Å². The van der Waals surface area contributed by atoms with E-state index in [1.807, 2.05) is 32.0 Å². The van der Waals surface area contributed by atoms with Gasteiger partial charge in [0.25, 0.3) is 5.91 Å². The van der Waals surface area contributed by atoms with Crippen molar-refractivity contribution in [2.45, 2.75) is 26.4 Å². The van der Waals surface area contributed by atoms with Crippen LogP contribution in [0.3, 0.4) is 0 Å². The number of hydrogen-bond donors (Lipinski definition) is 1. The van der Waals surface area contributed by atoms with Crippen LogP contribution in [0.25, 0.3) is 0 Å². The Morgan fingerprint density at radius 1 is 1.40 bits per heavy atom. The Hall–Kier alpha value is -1.59. The van der Waals surface area contributed by atoms with Gasteiger partial charge in [-0.1, -0.05) is 13.0 Å². The molecule has 110 valence electrons. The molecule has 5 heteroatoms. The van der Waals surface area contributed by atoms with E-state index in [1.54, 1.807) is 4.90 Å². The van der Waals surface area contributed by atoms with Crippen LogP contribution >= 0.6 is 0 Å². The van der Waals surface area contributed by atoms with Crippen molar-refractivity contribution in [1.29, 1.82) is 0 Å². The first-order valence-electron chi connectivity index (χ1n) is 7.04. The first-order valence-corrected chi connectivity index (χ1v) is 7.04. The smallest absolute Gasteiger partial charge is 0.268 e. The maximum Gasteiger partial charge on any atom is 0.268 e. The van der Waals surface area contributed by atoms with Crippen molar-refractivity contribution in [3.63, 3.8) is 0 Å². The Kier molecular flexibility index (Phi) is 4.98. The highest BCUT2D eigenvalue weighted by atomic mass is 16.5. The second kappa shape index (κ2) is 6.72. The van der Waals surface area contributed by atoms with Crippen LogP contribution in [0, 0.1) is 6.92 Å². The van der Waals surface area contributed by atoms with Gasteiger partial charge < -0.3 is 20.1 Å². The van der Waals surface area contributed by atoms with Crippen molar-refractivity contribution in [1.82, 2.24) is 0 Å². The second-order valence-electron chi connectivity index (χ2n) is 4.88. The molecule has 1 heterocycles. The van der Waals surface area contributed by atoms with Crippen LogP contribution in [-0.4, -0.2) is 38.3 Å². The molecule has 0 spiro atoms. The zero-order chi connectivity index (χ0) is 14.5. The van der Waals surface area contributed by atoms with Crippen molar-refractivity contribution < 1.29 is 14.3 Å². The number of nitrogens with zero attached hydrogens (tertiary/aromatic N) is 1. The number of hydrogen-bond acceptors (Lipinski definition) is 4. The van der Waals surface area contributed by atoms with E-state index in [1.165, 1.54) is 0 Å². The van der Waals surface area contributed by atoms with E-state index >= 15 is 0 Å². The second-order valence-corrected chi connectivity index (χ2v) is 4.88. The average molecular weight is 278 g/mol. The van der Waals surface area contributed by atoms with Gasteiger partial charge in [-0.15, -0.1) is 0 Å². The number of rotatable bonds is 6. The molecule has 1 atom stereocenters. The number of benzene rings is 1. The third-order valence-corrected chi connectivity index (χ3v) is 3.31. The Morgan fingerprint density at radius 3 is 2.90 bits per heavy atom. The van der Waals surface area contributed by atoms with Crippen LogP contribution in [-0.2, 0) is 9.53 Å². The number of carbonyl (C=O) groups is 1. The molecular formula is C15H22N2O3. The lowest BCUT2D eigenvalue weighted by Gasteiger charge is -2.34. The summed E-state index contributed by atoms with van der Waals surface area (Å²) in [6, 6.07) is 5.89. The van der Waals surface area contributed by atoms with Crippen molar-refractivity contribution in [2.75, 3.05) is 31.2 Å². The van der Waals surface area contributed by atoms with Crippen LogP contribution in [0.2, 0.25) is 0 Å². The summed E-state index contributed by atoms with van der Waals surface area (Å²) < 4.78 is 11.1. The van der Waals surface area contributed by atoms with Gasteiger partial charge in [-0.25, -0.2) is 0 Å². The maximum atomic E-state index is 12.4. The molecule has 2 rings (SSSR count). The minimum absolute atomic E-state index is 0.00180. The van der Waals surface area contributed by atoms with Crippen molar-refractivity contribution in [3.05, 3.63) is 23.8 Å². The van der Waals surface area contributed by atoms with Crippen molar-refractivity contribution in [2.24, 2.45) is 5.73 Å². The van der Waals surface area contributed by atoms with Gasteiger partial charge in [0.1, 0.15) is 5.75 Å². The normalized spacial score (nSPS) is 17.9. The molecule has 1 amide bonds. The van der Waals surface area contributed by atoms with Crippen LogP contribution in [0.5, 0.6) is 5.75 Å². The summed E-state index contributed by atoms with van der Waals surface area (Å²) in [7, 11) is 0. The third-order valence-electron chi connectivity index (χ3n) is 3.31. The summed E-state index contributed by atoms with van der Waals surface area (Å²) in [6.07, 6.45) is 0.256. The number of aryl methyl sites for hydroxylation is 1. The van der Waals surface area contributed by atoms with Gasteiger partial charge in [0.15, 0.2) is 6.10 Å². The fraction of sp³-hybridized carbons (Fsp3) is 0.533. The van der Waals surface area contributed by atoms with E-state index in [2.05, 4.69) is 0 Å². The van der Waals surface area contributed by atoms with E-state index in [0.29, 0.717) is 32.7 Å². The van der Waals surface area contributed by atoms with Gasteiger partial charge in [-0.3, -0.25) is 4.79 Å². The van der Waals surface area contributed by atoms with Gasteiger partial charge in [0.05, 0.1) is 18.9 Å². The Bertz CT molecular complexity index is 476. The van der Waals surface area contributed by atoms with Crippen LogP contribution < -0.4 is 15.4 Å². The SMILES string of the molecule is CCC1Oc2ccc(C)cc2N(CCOCCN)C1=O. The van der Waals surface area contributed by atoms with Crippen molar-refractivity contribution in [3.8, 4) is 5.75 Å². The Labute approximate surface area is 119 Å². The first-order chi connectivity index (χ1) is 9.67. The van der Waals surface area contributed by atoms with Crippen LogP contribution in [0.15, 0.2) is 18.2 Å². The van der Waals surface area contributed by atoms with Gasteiger partial charge >= 0.3 is 0 Å². The molecule has 2 N–H and O–H groups in total. The van der Waals surface area contributed by atoms with Crippen molar-refractivity contribution >= 4 is 11.6 Å². The predicted molar refractivity (Wildman–Crippen MR) is 78.1 cm³/mol. The molecule has 0 saturated heterocycles. The molecule has 0 fully saturated rings. The van der Waals surface area contributed by atoms with Gasteiger partial charge in [-0.2, -0.15) is 0 Å². The number of amides is 1. The van der Waals surface area contributed by atoms with E-state index < -0.39 is 6.10 Å². The zero-order valence-corrected chi connectivity index (χ0v) is 12.1. The molecule has 0 bridgehead atoms. The lowest BCUT2D eigenvalue weighted by molar-refractivity contribution is -0.126. The summed E-state index contributed by atoms with van der Waals surface area (Å²) in [5.74, 6) is 0.767. The molecule has 1 aliphatic rings. The molecule has 1 aromatic rings. The standard InChI is InChI=1S/C15H22N2O3/c1-3-13-15(18)17(7-9-19-8-6-16)12-10-11(2)4-5-14(12)20-13/h4-5,10,13H,3,6-9,16H2,1-2H3. The lowest BCUT2D eigenvalue weighted by atomic mass is 10.1. The number of ether oxygens (including phenoxy) is 2. The van der Waals surface area contributed by atoms with E-state index in [-0.39, 0.29) is 5.91 Å². The number of nitrogens with two attached hydrogens (primary N) is 1. The molecule has 0 saturated carbocycles. The molecule has 0 aromatic heterocycles. The minimum atomic E-state index is -0.403. The molecule has 1 aliphatic heterocycles. The molecule has 20 heavy (non-hydrogen) atoms. The maximum absolute atomic E-state index is 12.4. The summed E-state index contributed by atoms with van der Waals surface area (Å²) in [6.45, 7) is 5.95. The Morgan fingerprint density at radius 2 is 2.20 bits per heavy atom. The number of carbonyl (C=O) groups excluding carboxylic acids is 1. The fourth-order valence-corrected chi connectivity index (χ4v) is 2.26. The molecular weight excluding hydrogens is 256 g/mol. The quantitative estimate of drug-likeness (QED) is 0.800. The summed E-state index contributed by atoms with van der Waals surface area (Å²) >= 11 is 0. The van der Waals surface area contributed by atoms with E-state index in [9.17, 15) is 4.79 Å². The topological polar surface area (TPSA) is 64.8 Å². The Balaban J connectivity index is 2.18. The first kappa shape index (κ1) is 14.8. The highest BCUT2D eigenvalue weighted by Crippen LogP contribution is 2.35. The molecule has 1 aromatic carbocycles. The zero-order valence-electron chi connectivity index (χ0n) is 12.1. The summed E-state index contributed by atoms with van der Waals surface area (Å²) in [4.78, 5) is 14.2. The monoisotopic (exact) mass is 278 g/mol. The summed E-state index contributed by atoms with van der Waals surface area (Å²) in [5.41, 5.74) is 7.32.